The highest BCUT2D eigenvalue weighted by Crippen LogP contribution is 2.22. The van der Waals surface area contributed by atoms with E-state index >= 15 is 0 Å². The molecule has 1 aliphatic rings. The predicted octanol–water partition coefficient (Wildman–Crippen LogP) is 1.70. The van der Waals surface area contributed by atoms with E-state index in [0.29, 0.717) is 18.8 Å². The van der Waals surface area contributed by atoms with Crippen molar-refractivity contribution in [3.05, 3.63) is 24.3 Å². The molecule has 0 unspecified atom stereocenters. The fourth-order valence-corrected chi connectivity index (χ4v) is 1.90. The van der Waals surface area contributed by atoms with Crippen LogP contribution in [0.2, 0.25) is 0 Å². The number of amides is 2. The zero-order valence-electron chi connectivity index (χ0n) is 10.8. The third-order valence-electron chi connectivity index (χ3n) is 3.02. The summed E-state index contributed by atoms with van der Waals surface area (Å²) in [7, 11) is 0. The van der Waals surface area contributed by atoms with E-state index in [0.717, 1.165) is 0 Å². The standard InChI is InChI=1S/C13H14F2N2O3/c1-8(18)17-6-9(7-17)12(19)16-10-3-2-4-11(5-10)20-13(14)15/h2-5,9,13H,6-7H2,1H3,(H,16,19). The predicted molar refractivity (Wildman–Crippen MR) is 67.4 cm³/mol. The molecule has 2 rings (SSSR count). The van der Waals surface area contributed by atoms with Gasteiger partial charge in [0.05, 0.1) is 5.92 Å². The Bertz CT molecular complexity index is 516. The summed E-state index contributed by atoms with van der Waals surface area (Å²) in [5.74, 6) is -0.589. The first-order valence-electron chi connectivity index (χ1n) is 6.07. The first-order valence-corrected chi connectivity index (χ1v) is 6.07. The van der Waals surface area contributed by atoms with E-state index in [2.05, 4.69) is 10.1 Å². The van der Waals surface area contributed by atoms with Gasteiger partial charge in [0.25, 0.3) is 0 Å². The lowest BCUT2D eigenvalue weighted by molar-refractivity contribution is -0.139. The second-order valence-electron chi connectivity index (χ2n) is 4.52. The number of nitrogens with one attached hydrogen (secondary N) is 1. The Morgan fingerprint density at radius 3 is 2.70 bits per heavy atom. The van der Waals surface area contributed by atoms with Gasteiger partial charge in [0, 0.05) is 31.8 Å². The van der Waals surface area contributed by atoms with E-state index in [9.17, 15) is 18.4 Å². The van der Waals surface area contributed by atoms with Gasteiger partial charge < -0.3 is 15.0 Å². The highest BCUT2D eigenvalue weighted by Gasteiger charge is 2.34. The average Bonchev–Trinajstić information content (AvgIpc) is 2.25. The van der Waals surface area contributed by atoms with E-state index < -0.39 is 6.61 Å². The molecule has 0 aromatic heterocycles. The number of hydrogen-bond donors (Lipinski definition) is 1. The third-order valence-corrected chi connectivity index (χ3v) is 3.02. The maximum Gasteiger partial charge on any atom is 0.387 e. The van der Waals surface area contributed by atoms with Gasteiger partial charge in [-0.15, -0.1) is 0 Å². The smallest absolute Gasteiger partial charge is 0.387 e. The van der Waals surface area contributed by atoms with E-state index in [1.807, 2.05) is 0 Å². The van der Waals surface area contributed by atoms with Gasteiger partial charge in [0.2, 0.25) is 11.8 Å². The number of likely N-dealkylation sites (tertiary alicyclic amines) is 1. The van der Waals surface area contributed by atoms with E-state index in [4.69, 9.17) is 0 Å². The normalized spacial score (nSPS) is 14.9. The number of nitrogens with zero attached hydrogens (tertiary/aromatic N) is 1. The molecule has 1 aliphatic heterocycles. The van der Waals surface area contributed by atoms with Crippen LogP contribution in [0.3, 0.4) is 0 Å². The van der Waals surface area contributed by atoms with Crippen molar-refractivity contribution in [3.8, 4) is 5.75 Å². The molecule has 7 heteroatoms. The highest BCUT2D eigenvalue weighted by molar-refractivity contribution is 5.94. The van der Waals surface area contributed by atoms with Crippen molar-refractivity contribution in [1.29, 1.82) is 0 Å². The van der Waals surface area contributed by atoms with Crippen LogP contribution in [0.5, 0.6) is 5.75 Å². The van der Waals surface area contributed by atoms with Crippen LogP contribution < -0.4 is 10.1 Å². The molecular weight excluding hydrogens is 270 g/mol. The Hall–Kier alpha value is -2.18. The van der Waals surface area contributed by atoms with Crippen LogP contribution in [0.15, 0.2) is 24.3 Å². The summed E-state index contributed by atoms with van der Waals surface area (Å²) >= 11 is 0. The molecule has 1 aromatic rings. The fourth-order valence-electron chi connectivity index (χ4n) is 1.90. The molecule has 108 valence electrons. The lowest BCUT2D eigenvalue weighted by atomic mass is 9.99. The van der Waals surface area contributed by atoms with Crippen molar-refractivity contribution < 1.29 is 23.1 Å². The van der Waals surface area contributed by atoms with E-state index in [1.54, 1.807) is 11.0 Å². The second kappa shape index (κ2) is 5.85. The number of benzene rings is 1. The first-order chi connectivity index (χ1) is 9.45. The summed E-state index contributed by atoms with van der Waals surface area (Å²) in [6, 6.07) is 5.79. The quantitative estimate of drug-likeness (QED) is 0.915. The molecule has 0 aliphatic carbocycles. The summed E-state index contributed by atoms with van der Waals surface area (Å²) in [4.78, 5) is 24.4. The van der Waals surface area contributed by atoms with Gasteiger partial charge in [-0.25, -0.2) is 0 Å². The van der Waals surface area contributed by atoms with Gasteiger partial charge in [-0.05, 0) is 12.1 Å². The maximum absolute atomic E-state index is 12.1. The van der Waals surface area contributed by atoms with Crippen molar-refractivity contribution in [1.82, 2.24) is 4.90 Å². The molecule has 1 saturated heterocycles. The SMILES string of the molecule is CC(=O)N1CC(C(=O)Nc2cccc(OC(F)F)c2)C1. The topological polar surface area (TPSA) is 58.6 Å². The van der Waals surface area contributed by atoms with Crippen molar-refractivity contribution in [2.24, 2.45) is 5.92 Å². The molecule has 0 saturated carbocycles. The van der Waals surface area contributed by atoms with Gasteiger partial charge in [-0.1, -0.05) is 6.07 Å². The van der Waals surface area contributed by atoms with Crippen LogP contribution in [0.25, 0.3) is 0 Å². The van der Waals surface area contributed by atoms with Crippen molar-refractivity contribution in [2.45, 2.75) is 13.5 Å². The fraction of sp³-hybridized carbons (Fsp3) is 0.385. The average molecular weight is 284 g/mol. The number of halogens is 2. The molecule has 0 spiro atoms. The van der Waals surface area contributed by atoms with Crippen LogP contribution in [0.1, 0.15) is 6.92 Å². The van der Waals surface area contributed by atoms with Crippen molar-refractivity contribution in [2.75, 3.05) is 18.4 Å². The molecular formula is C13H14F2N2O3. The van der Waals surface area contributed by atoms with Crippen LogP contribution >= 0.6 is 0 Å². The maximum atomic E-state index is 12.1. The largest absolute Gasteiger partial charge is 0.435 e. The van der Waals surface area contributed by atoms with Crippen LogP contribution in [0, 0.1) is 5.92 Å². The van der Waals surface area contributed by atoms with Crippen LogP contribution in [-0.2, 0) is 9.59 Å². The number of anilines is 1. The Morgan fingerprint density at radius 1 is 1.40 bits per heavy atom. The summed E-state index contributed by atoms with van der Waals surface area (Å²) in [5.41, 5.74) is 0.384. The molecule has 0 bridgehead atoms. The minimum absolute atomic E-state index is 0.0169. The summed E-state index contributed by atoms with van der Waals surface area (Å²) in [5, 5.41) is 2.62. The van der Waals surface area contributed by atoms with Crippen molar-refractivity contribution in [3.63, 3.8) is 0 Å². The Kier molecular flexibility index (Phi) is 4.16. The Labute approximate surface area is 114 Å². The molecule has 1 heterocycles. The monoisotopic (exact) mass is 284 g/mol. The summed E-state index contributed by atoms with van der Waals surface area (Å²) in [6.45, 7) is -0.695. The first kappa shape index (κ1) is 14.2. The lowest BCUT2D eigenvalue weighted by Crippen LogP contribution is -2.53. The molecule has 1 fully saturated rings. The van der Waals surface area contributed by atoms with Gasteiger partial charge in [0.15, 0.2) is 0 Å². The number of ether oxygens (including phenoxy) is 1. The summed E-state index contributed by atoms with van der Waals surface area (Å²) in [6.07, 6.45) is 0. The van der Waals surface area contributed by atoms with Crippen molar-refractivity contribution >= 4 is 17.5 Å². The lowest BCUT2D eigenvalue weighted by Gasteiger charge is -2.37. The zero-order valence-corrected chi connectivity index (χ0v) is 10.8. The number of carbonyl (C=O) groups is 2. The molecule has 0 radical (unpaired) electrons. The van der Waals surface area contributed by atoms with Gasteiger partial charge in [-0.3, -0.25) is 9.59 Å². The second-order valence-corrected chi connectivity index (χ2v) is 4.52. The number of alkyl halides is 2. The zero-order chi connectivity index (χ0) is 14.7. The van der Waals surface area contributed by atoms with Gasteiger partial charge >= 0.3 is 6.61 Å². The Balaban J connectivity index is 1.90. The van der Waals surface area contributed by atoms with Gasteiger partial charge in [-0.2, -0.15) is 8.78 Å². The van der Waals surface area contributed by atoms with Gasteiger partial charge in [0.1, 0.15) is 5.75 Å². The molecule has 20 heavy (non-hydrogen) atoms. The van der Waals surface area contributed by atoms with E-state index in [1.165, 1.54) is 25.1 Å². The molecule has 2 amide bonds. The number of carbonyl (C=O) groups excluding carboxylic acids is 2. The highest BCUT2D eigenvalue weighted by atomic mass is 19.3. The van der Waals surface area contributed by atoms with Crippen LogP contribution in [-0.4, -0.2) is 36.4 Å². The minimum atomic E-state index is -2.91. The Morgan fingerprint density at radius 2 is 2.10 bits per heavy atom. The van der Waals surface area contributed by atoms with Crippen LogP contribution in [0.4, 0.5) is 14.5 Å². The third kappa shape index (κ3) is 3.43. The molecule has 5 nitrogen and oxygen atoms in total. The van der Waals surface area contributed by atoms with E-state index in [-0.39, 0.29) is 23.5 Å². The number of hydrogen-bond acceptors (Lipinski definition) is 3. The molecule has 1 aromatic carbocycles. The summed E-state index contributed by atoms with van der Waals surface area (Å²) < 4.78 is 28.4. The minimum Gasteiger partial charge on any atom is -0.435 e. The molecule has 1 N–H and O–H groups in total. The number of rotatable bonds is 4. The molecule has 0 atom stereocenters.